The lowest BCUT2D eigenvalue weighted by atomic mass is 10.2. The molecule has 0 aromatic heterocycles. The van der Waals surface area contributed by atoms with Crippen LogP contribution >= 0.6 is 0 Å². The van der Waals surface area contributed by atoms with Crippen molar-refractivity contribution in [3.05, 3.63) is 60.2 Å². The van der Waals surface area contributed by atoms with E-state index in [2.05, 4.69) is 5.32 Å². The molecule has 26 heavy (non-hydrogen) atoms. The minimum atomic E-state index is -3.49. The number of carbonyl (C=O) groups excluding carboxylic acids is 1. The predicted molar refractivity (Wildman–Crippen MR) is 103 cm³/mol. The average Bonchev–Trinajstić information content (AvgIpc) is 2.61. The van der Waals surface area contributed by atoms with E-state index in [1.54, 1.807) is 24.3 Å². The topological polar surface area (TPSA) is 75.7 Å². The van der Waals surface area contributed by atoms with Crippen LogP contribution in [0.25, 0.3) is 0 Å². The Balaban J connectivity index is 1.96. The molecular formula is C19H24N2O4S. The summed E-state index contributed by atoms with van der Waals surface area (Å²) in [4.78, 5) is 12.1. The van der Waals surface area contributed by atoms with Crippen molar-refractivity contribution in [2.24, 2.45) is 0 Å². The van der Waals surface area contributed by atoms with Crippen LogP contribution in [0.5, 0.6) is 5.75 Å². The van der Waals surface area contributed by atoms with Crippen LogP contribution < -0.4 is 14.4 Å². The Kier molecular flexibility index (Phi) is 7.03. The predicted octanol–water partition coefficient (Wildman–Crippen LogP) is 2.56. The summed E-state index contributed by atoms with van der Waals surface area (Å²) in [6.45, 7) is 2.91. The number of nitrogens with zero attached hydrogens (tertiary/aromatic N) is 1. The van der Waals surface area contributed by atoms with E-state index in [-0.39, 0.29) is 18.9 Å². The molecule has 1 amide bonds. The molecule has 0 spiro atoms. The summed E-state index contributed by atoms with van der Waals surface area (Å²) in [7, 11) is -3.49. The van der Waals surface area contributed by atoms with Crippen molar-refractivity contribution in [3.63, 3.8) is 0 Å². The maximum atomic E-state index is 12.1. The van der Waals surface area contributed by atoms with Crippen LogP contribution in [-0.4, -0.2) is 33.7 Å². The van der Waals surface area contributed by atoms with Gasteiger partial charge in [0.15, 0.2) is 0 Å². The van der Waals surface area contributed by atoms with Crippen LogP contribution in [0.15, 0.2) is 54.6 Å². The highest BCUT2D eigenvalue weighted by molar-refractivity contribution is 7.92. The zero-order valence-electron chi connectivity index (χ0n) is 15.0. The first-order valence-corrected chi connectivity index (χ1v) is 10.3. The van der Waals surface area contributed by atoms with E-state index in [4.69, 9.17) is 4.74 Å². The van der Waals surface area contributed by atoms with Crippen molar-refractivity contribution in [1.82, 2.24) is 5.32 Å². The van der Waals surface area contributed by atoms with Crippen molar-refractivity contribution in [2.75, 3.05) is 23.7 Å². The van der Waals surface area contributed by atoms with E-state index in [1.165, 1.54) is 4.31 Å². The molecule has 0 radical (unpaired) electrons. The van der Waals surface area contributed by atoms with Gasteiger partial charge < -0.3 is 10.1 Å². The molecule has 6 nitrogen and oxygen atoms in total. The molecule has 140 valence electrons. The number of nitrogens with one attached hydrogen (secondary N) is 1. The van der Waals surface area contributed by atoms with Crippen molar-refractivity contribution in [1.29, 1.82) is 0 Å². The Morgan fingerprint density at radius 2 is 1.73 bits per heavy atom. The van der Waals surface area contributed by atoms with E-state index in [0.29, 0.717) is 24.6 Å². The summed E-state index contributed by atoms with van der Waals surface area (Å²) in [6.07, 6.45) is 1.21. The lowest BCUT2D eigenvalue weighted by molar-refractivity contribution is -0.121. The second kappa shape index (κ2) is 9.24. The Labute approximate surface area is 154 Å². The van der Waals surface area contributed by atoms with Crippen LogP contribution in [0, 0.1) is 0 Å². The molecule has 0 aliphatic rings. The molecule has 0 atom stereocenters. The zero-order chi connectivity index (χ0) is 19.0. The van der Waals surface area contributed by atoms with E-state index < -0.39 is 10.0 Å². The first-order chi connectivity index (χ1) is 12.4. The molecule has 0 saturated carbocycles. The SMILES string of the molecule is CCOc1ccc(N(CCC(=O)NCc2ccccc2)S(C)(=O)=O)cc1. The van der Waals surface area contributed by atoms with Crippen LogP contribution in [0.3, 0.4) is 0 Å². The molecule has 1 N–H and O–H groups in total. The van der Waals surface area contributed by atoms with Crippen molar-refractivity contribution in [3.8, 4) is 5.75 Å². The van der Waals surface area contributed by atoms with E-state index in [0.717, 1.165) is 11.8 Å². The smallest absolute Gasteiger partial charge is 0.232 e. The monoisotopic (exact) mass is 376 g/mol. The highest BCUT2D eigenvalue weighted by Gasteiger charge is 2.18. The lowest BCUT2D eigenvalue weighted by Crippen LogP contribution is -2.34. The fourth-order valence-corrected chi connectivity index (χ4v) is 3.38. The van der Waals surface area contributed by atoms with Gasteiger partial charge in [0.25, 0.3) is 0 Å². The molecule has 0 aliphatic carbocycles. The largest absolute Gasteiger partial charge is 0.494 e. The molecule has 2 aromatic carbocycles. The Hall–Kier alpha value is -2.54. The number of hydrogen-bond acceptors (Lipinski definition) is 4. The third-order valence-corrected chi connectivity index (χ3v) is 4.90. The Morgan fingerprint density at radius 3 is 2.31 bits per heavy atom. The molecule has 0 bridgehead atoms. The second-order valence-corrected chi connectivity index (χ2v) is 7.68. The average molecular weight is 376 g/mol. The molecule has 0 fully saturated rings. The van der Waals surface area contributed by atoms with Gasteiger partial charge in [-0.2, -0.15) is 0 Å². The van der Waals surface area contributed by atoms with Gasteiger partial charge in [-0.3, -0.25) is 9.10 Å². The van der Waals surface area contributed by atoms with Gasteiger partial charge in [-0.15, -0.1) is 0 Å². The molecule has 7 heteroatoms. The first-order valence-electron chi connectivity index (χ1n) is 8.41. The van der Waals surface area contributed by atoms with E-state index in [9.17, 15) is 13.2 Å². The summed E-state index contributed by atoms with van der Waals surface area (Å²) >= 11 is 0. The van der Waals surface area contributed by atoms with E-state index >= 15 is 0 Å². The third-order valence-electron chi connectivity index (χ3n) is 3.71. The molecule has 2 rings (SSSR count). The zero-order valence-corrected chi connectivity index (χ0v) is 15.8. The molecular weight excluding hydrogens is 352 g/mol. The standard InChI is InChI=1S/C19H24N2O4S/c1-3-25-18-11-9-17(10-12-18)21(26(2,23)24)14-13-19(22)20-15-16-7-5-4-6-8-16/h4-12H,3,13-15H2,1-2H3,(H,20,22). The van der Waals surface area contributed by atoms with Crippen molar-refractivity contribution >= 4 is 21.6 Å². The minimum absolute atomic E-state index is 0.0765. The van der Waals surface area contributed by atoms with Gasteiger partial charge in [-0.25, -0.2) is 8.42 Å². The summed E-state index contributed by atoms with van der Waals surface area (Å²) in [5.41, 5.74) is 1.50. The first kappa shape index (κ1) is 19.8. The molecule has 2 aromatic rings. The van der Waals surface area contributed by atoms with Gasteiger partial charge in [-0.05, 0) is 36.8 Å². The van der Waals surface area contributed by atoms with E-state index in [1.807, 2.05) is 37.3 Å². The van der Waals surface area contributed by atoms with Crippen LogP contribution in [0.4, 0.5) is 5.69 Å². The van der Waals surface area contributed by atoms with Crippen molar-refractivity contribution < 1.29 is 17.9 Å². The normalized spacial score (nSPS) is 11.0. The molecule has 0 heterocycles. The minimum Gasteiger partial charge on any atom is -0.494 e. The maximum absolute atomic E-state index is 12.1. The van der Waals surface area contributed by atoms with Gasteiger partial charge in [0.05, 0.1) is 18.6 Å². The Bertz CT molecular complexity index is 805. The lowest BCUT2D eigenvalue weighted by Gasteiger charge is -2.22. The number of benzene rings is 2. The quantitative estimate of drug-likeness (QED) is 0.730. The second-order valence-electron chi connectivity index (χ2n) is 5.77. The molecule has 0 saturated heterocycles. The summed E-state index contributed by atoms with van der Waals surface area (Å²) in [6, 6.07) is 16.3. The fourth-order valence-electron chi connectivity index (χ4n) is 2.45. The summed E-state index contributed by atoms with van der Waals surface area (Å²) < 4.78 is 30.8. The highest BCUT2D eigenvalue weighted by atomic mass is 32.2. The number of sulfonamides is 1. The number of rotatable bonds is 9. The Morgan fingerprint density at radius 1 is 1.08 bits per heavy atom. The van der Waals surface area contributed by atoms with Crippen LogP contribution in [0.1, 0.15) is 18.9 Å². The fraction of sp³-hybridized carbons (Fsp3) is 0.316. The van der Waals surface area contributed by atoms with Crippen molar-refractivity contribution in [2.45, 2.75) is 19.9 Å². The number of amides is 1. The van der Waals surface area contributed by atoms with Crippen LogP contribution in [-0.2, 0) is 21.4 Å². The van der Waals surface area contributed by atoms with Gasteiger partial charge >= 0.3 is 0 Å². The number of hydrogen-bond donors (Lipinski definition) is 1. The summed E-state index contributed by atoms with van der Waals surface area (Å²) in [5.74, 6) is 0.471. The number of anilines is 1. The number of carbonyl (C=O) groups is 1. The highest BCUT2D eigenvalue weighted by Crippen LogP contribution is 2.21. The van der Waals surface area contributed by atoms with Crippen LogP contribution in [0.2, 0.25) is 0 Å². The number of ether oxygens (including phenoxy) is 1. The molecule has 0 aliphatic heterocycles. The van der Waals surface area contributed by atoms with Gasteiger partial charge in [-0.1, -0.05) is 30.3 Å². The molecule has 0 unspecified atom stereocenters. The maximum Gasteiger partial charge on any atom is 0.232 e. The van der Waals surface area contributed by atoms with Gasteiger partial charge in [0.1, 0.15) is 5.75 Å². The van der Waals surface area contributed by atoms with Gasteiger partial charge in [0.2, 0.25) is 15.9 Å². The third kappa shape index (κ3) is 6.07. The van der Waals surface area contributed by atoms with Gasteiger partial charge in [0, 0.05) is 19.5 Å². The summed E-state index contributed by atoms with van der Waals surface area (Å²) in [5, 5.41) is 2.80.